The van der Waals surface area contributed by atoms with E-state index in [-0.39, 0.29) is 19.1 Å². The molecule has 0 unspecified atom stereocenters. The predicted molar refractivity (Wildman–Crippen MR) is 108 cm³/mol. The molecule has 0 heterocycles. The summed E-state index contributed by atoms with van der Waals surface area (Å²) in [6.45, 7) is 2.28. The molecule has 2 aromatic carbocycles. The Kier molecular flexibility index (Phi) is 9.08. The van der Waals surface area contributed by atoms with Crippen LogP contribution in [0, 0.1) is 0 Å². The molecule has 0 aliphatic rings. The number of rotatable bonds is 11. The molecule has 0 spiro atoms. The van der Waals surface area contributed by atoms with E-state index < -0.39 is 12.2 Å². The van der Waals surface area contributed by atoms with Crippen molar-refractivity contribution in [3.63, 3.8) is 0 Å². The maximum absolute atomic E-state index is 12.3. The Morgan fingerprint density at radius 1 is 1.14 bits per heavy atom. The van der Waals surface area contributed by atoms with E-state index >= 15 is 0 Å². The number of hydrogen-bond acceptors (Lipinski definition) is 6. The van der Waals surface area contributed by atoms with E-state index in [2.05, 4.69) is 0 Å². The Morgan fingerprint density at radius 2 is 1.86 bits per heavy atom. The maximum atomic E-state index is 12.3. The number of amides is 1. The molecule has 158 valence electrons. The summed E-state index contributed by atoms with van der Waals surface area (Å²) < 4.78 is 11.2. The molecule has 2 aromatic rings. The zero-order valence-corrected chi connectivity index (χ0v) is 17.1. The standard InChI is InChI=1S/C22H29NO6/c1-4-28-21(22(26)23(2)27-3)13-16-8-10-19(11-9-16)29-15-20(25)18-7-5-6-17(12-18)14-24/h5-12,20-21,24-25H,4,13-15H2,1-3H3/t20-,21+/m1/s1. The number of benzene rings is 2. The molecular formula is C22H29NO6. The van der Waals surface area contributed by atoms with Crippen LogP contribution in [0.2, 0.25) is 0 Å². The number of ether oxygens (including phenoxy) is 2. The van der Waals surface area contributed by atoms with Gasteiger partial charge in [0.2, 0.25) is 0 Å². The van der Waals surface area contributed by atoms with Gasteiger partial charge >= 0.3 is 0 Å². The fraction of sp³-hybridized carbons (Fsp3) is 0.409. The number of likely N-dealkylation sites (N-methyl/N-ethyl adjacent to an activating group) is 1. The van der Waals surface area contributed by atoms with Crippen molar-refractivity contribution in [1.29, 1.82) is 0 Å². The highest BCUT2D eigenvalue weighted by molar-refractivity contribution is 5.80. The molecule has 0 fully saturated rings. The summed E-state index contributed by atoms with van der Waals surface area (Å²) in [5, 5.41) is 20.7. The zero-order chi connectivity index (χ0) is 21.2. The molecule has 0 radical (unpaired) electrons. The molecule has 29 heavy (non-hydrogen) atoms. The highest BCUT2D eigenvalue weighted by Gasteiger charge is 2.23. The number of hydrogen-bond donors (Lipinski definition) is 2. The molecule has 2 N–H and O–H groups in total. The minimum Gasteiger partial charge on any atom is -0.491 e. The Balaban J connectivity index is 1.94. The zero-order valence-electron chi connectivity index (χ0n) is 17.1. The Bertz CT molecular complexity index is 764. The SMILES string of the molecule is CCO[C@@H](Cc1ccc(OC[C@@H](O)c2cccc(CO)c2)cc1)C(=O)N(C)OC. The van der Waals surface area contributed by atoms with Crippen LogP contribution < -0.4 is 4.74 Å². The van der Waals surface area contributed by atoms with E-state index in [0.29, 0.717) is 24.3 Å². The van der Waals surface area contributed by atoms with Gasteiger partial charge in [-0.2, -0.15) is 0 Å². The Hall–Kier alpha value is -2.45. The van der Waals surface area contributed by atoms with Crippen LogP contribution in [0.1, 0.15) is 29.7 Å². The molecule has 0 bridgehead atoms. The third-order valence-corrected chi connectivity index (χ3v) is 4.50. The Morgan fingerprint density at radius 3 is 2.48 bits per heavy atom. The predicted octanol–water partition coefficient (Wildman–Crippen LogP) is 2.26. The lowest BCUT2D eigenvalue weighted by Crippen LogP contribution is -2.38. The highest BCUT2D eigenvalue weighted by atomic mass is 16.7. The Labute approximate surface area is 171 Å². The van der Waals surface area contributed by atoms with Crippen molar-refractivity contribution in [1.82, 2.24) is 5.06 Å². The third-order valence-electron chi connectivity index (χ3n) is 4.50. The van der Waals surface area contributed by atoms with Crippen molar-refractivity contribution in [2.24, 2.45) is 0 Å². The first-order chi connectivity index (χ1) is 14.0. The minimum atomic E-state index is -0.800. The van der Waals surface area contributed by atoms with Gasteiger partial charge < -0.3 is 19.7 Å². The first-order valence-corrected chi connectivity index (χ1v) is 9.51. The maximum Gasteiger partial charge on any atom is 0.275 e. The molecule has 7 heteroatoms. The van der Waals surface area contributed by atoms with Crippen LogP contribution in [0.5, 0.6) is 5.75 Å². The summed E-state index contributed by atoms with van der Waals surface area (Å²) in [6.07, 6.45) is -1.01. The molecule has 0 aliphatic carbocycles. The second-order valence-electron chi connectivity index (χ2n) is 6.54. The molecule has 7 nitrogen and oxygen atoms in total. The van der Waals surface area contributed by atoms with Gasteiger partial charge in [-0.25, -0.2) is 5.06 Å². The van der Waals surface area contributed by atoms with E-state index in [1.807, 2.05) is 19.1 Å². The van der Waals surface area contributed by atoms with Crippen molar-refractivity contribution < 1.29 is 29.3 Å². The fourth-order valence-electron chi connectivity index (χ4n) is 2.82. The normalized spacial score (nSPS) is 13.0. The van der Waals surface area contributed by atoms with Crippen molar-refractivity contribution in [2.75, 3.05) is 27.4 Å². The monoisotopic (exact) mass is 403 g/mol. The summed E-state index contributed by atoms with van der Waals surface area (Å²) in [5.74, 6) is 0.363. The lowest BCUT2D eigenvalue weighted by atomic mass is 10.1. The number of hydroxylamine groups is 2. The number of nitrogens with zero attached hydrogens (tertiary/aromatic N) is 1. The van der Waals surface area contributed by atoms with E-state index in [1.165, 1.54) is 7.11 Å². The summed E-state index contributed by atoms with van der Waals surface area (Å²) >= 11 is 0. The lowest BCUT2D eigenvalue weighted by Gasteiger charge is -2.21. The molecule has 0 aliphatic heterocycles. The molecule has 0 aromatic heterocycles. The summed E-state index contributed by atoms with van der Waals surface area (Å²) in [5.41, 5.74) is 2.35. The van der Waals surface area contributed by atoms with Gasteiger partial charge in [0.15, 0.2) is 0 Å². The van der Waals surface area contributed by atoms with Gasteiger partial charge in [0, 0.05) is 20.1 Å². The van der Waals surface area contributed by atoms with Gasteiger partial charge in [0.1, 0.15) is 24.6 Å². The summed E-state index contributed by atoms with van der Waals surface area (Å²) in [7, 11) is 2.98. The lowest BCUT2D eigenvalue weighted by molar-refractivity contribution is -0.180. The van der Waals surface area contributed by atoms with E-state index in [4.69, 9.17) is 14.3 Å². The number of aliphatic hydroxyl groups is 2. The molecular weight excluding hydrogens is 374 g/mol. The van der Waals surface area contributed by atoms with Gasteiger partial charge in [-0.1, -0.05) is 36.4 Å². The average molecular weight is 403 g/mol. The van der Waals surface area contributed by atoms with E-state index in [0.717, 1.165) is 16.2 Å². The van der Waals surface area contributed by atoms with Gasteiger partial charge in [-0.05, 0) is 35.7 Å². The number of carbonyl (C=O) groups is 1. The summed E-state index contributed by atoms with van der Waals surface area (Å²) in [4.78, 5) is 17.2. The van der Waals surface area contributed by atoms with Crippen LogP contribution in [0.4, 0.5) is 0 Å². The number of aliphatic hydroxyl groups excluding tert-OH is 2. The van der Waals surface area contributed by atoms with Crippen LogP contribution >= 0.6 is 0 Å². The second kappa shape index (κ2) is 11.5. The van der Waals surface area contributed by atoms with Gasteiger partial charge in [-0.3, -0.25) is 9.63 Å². The van der Waals surface area contributed by atoms with E-state index in [9.17, 15) is 15.0 Å². The molecule has 0 saturated heterocycles. The first kappa shape index (κ1) is 22.8. The molecule has 0 saturated carbocycles. The van der Waals surface area contributed by atoms with Gasteiger partial charge in [-0.15, -0.1) is 0 Å². The highest BCUT2D eigenvalue weighted by Crippen LogP contribution is 2.19. The van der Waals surface area contributed by atoms with E-state index in [1.54, 1.807) is 43.4 Å². The smallest absolute Gasteiger partial charge is 0.275 e. The van der Waals surface area contributed by atoms with Crippen molar-refractivity contribution >= 4 is 5.91 Å². The minimum absolute atomic E-state index is 0.0751. The van der Waals surface area contributed by atoms with Crippen molar-refractivity contribution in [2.45, 2.75) is 32.2 Å². The van der Waals surface area contributed by atoms with Crippen molar-refractivity contribution in [3.05, 3.63) is 65.2 Å². The second-order valence-corrected chi connectivity index (χ2v) is 6.54. The number of carbonyl (C=O) groups excluding carboxylic acids is 1. The quantitative estimate of drug-likeness (QED) is 0.560. The largest absolute Gasteiger partial charge is 0.491 e. The van der Waals surface area contributed by atoms with Crippen LogP contribution in [-0.4, -0.2) is 54.7 Å². The topological polar surface area (TPSA) is 88.5 Å². The molecule has 2 rings (SSSR count). The van der Waals surface area contributed by atoms with Gasteiger partial charge in [0.05, 0.1) is 13.7 Å². The summed E-state index contributed by atoms with van der Waals surface area (Å²) in [6, 6.07) is 14.4. The molecule has 1 amide bonds. The average Bonchev–Trinajstić information content (AvgIpc) is 2.77. The van der Waals surface area contributed by atoms with Gasteiger partial charge in [0.25, 0.3) is 5.91 Å². The van der Waals surface area contributed by atoms with Crippen LogP contribution in [-0.2, 0) is 27.4 Å². The third kappa shape index (κ3) is 6.83. The van der Waals surface area contributed by atoms with Crippen LogP contribution in [0.25, 0.3) is 0 Å². The first-order valence-electron chi connectivity index (χ1n) is 9.51. The van der Waals surface area contributed by atoms with Crippen LogP contribution in [0.3, 0.4) is 0 Å². The van der Waals surface area contributed by atoms with Crippen molar-refractivity contribution in [3.8, 4) is 5.75 Å². The molecule has 2 atom stereocenters. The fourth-order valence-corrected chi connectivity index (χ4v) is 2.82. The van der Waals surface area contributed by atoms with Crippen LogP contribution in [0.15, 0.2) is 48.5 Å².